The summed E-state index contributed by atoms with van der Waals surface area (Å²) in [5, 5.41) is 0. The topological polar surface area (TPSA) is 8.88 Å². The van der Waals surface area contributed by atoms with Gasteiger partial charge in [0.25, 0.3) is 0 Å². The number of likely N-dealkylation sites (N-methyl/N-ethyl adjacent to an activating group) is 1. The predicted molar refractivity (Wildman–Crippen MR) is 65.0 cm³/mol. The van der Waals surface area contributed by atoms with Crippen LogP contribution >= 0.6 is 0 Å². The fourth-order valence-corrected chi connectivity index (χ4v) is 3.25. The SMILES string of the molecule is C[NH+]1CC[NH+](C2Cc3ccccc3C2)CC1. The molecule has 2 aliphatic rings. The summed E-state index contributed by atoms with van der Waals surface area (Å²) in [6.45, 7) is 5.43. The molecule has 3 rings (SSSR count). The number of hydrogen-bond acceptors (Lipinski definition) is 0. The minimum absolute atomic E-state index is 0.866. The van der Waals surface area contributed by atoms with Crippen LogP contribution in [0.2, 0.25) is 0 Å². The molecule has 0 amide bonds. The molecule has 2 N–H and O–H groups in total. The number of benzene rings is 1. The number of hydrogen-bond donors (Lipinski definition) is 2. The number of nitrogens with one attached hydrogen (secondary N) is 2. The van der Waals surface area contributed by atoms with E-state index in [4.69, 9.17) is 0 Å². The number of piperazine rings is 1. The summed E-state index contributed by atoms with van der Waals surface area (Å²) in [4.78, 5) is 3.56. The molecule has 0 aromatic heterocycles. The van der Waals surface area contributed by atoms with Crippen LogP contribution in [0.25, 0.3) is 0 Å². The Morgan fingerprint density at radius 2 is 1.50 bits per heavy atom. The van der Waals surface area contributed by atoms with Crippen molar-refractivity contribution in [2.45, 2.75) is 18.9 Å². The van der Waals surface area contributed by atoms with E-state index in [1.165, 1.54) is 39.0 Å². The molecule has 1 aliphatic carbocycles. The van der Waals surface area contributed by atoms with Crippen molar-refractivity contribution in [3.8, 4) is 0 Å². The lowest BCUT2D eigenvalue weighted by atomic mass is 10.1. The summed E-state index contributed by atoms with van der Waals surface area (Å²) in [7, 11) is 2.32. The highest BCUT2D eigenvalue weighted by Gasteiger charge is 2.32. The van der Waals surface area contributed by atoms with Gasteiger partial charge in [-0.15, -0.1) is 0 Å². The largest absolute Gasteiger partial charge is 0.328 e. The van der Waals surface area contributed by atoms with Crippen molar-refractivity contribution in [3.05, 3.63) is 35.4 Å². The average Bonchev–Trinajstić information content (AvgIpc) is 2.73. The van der Waals surface area contributed by atoms with Gasteiger partial charge in [-0.2, -0.15) is 0 Å². The van der Waals surface area contributed by atoms with Crippen LogP contribution in [0.1, 0.15) is 11.1 Å². The Bertz CT molecular complexity index is 342. The molecule has 0 saturated carbocycles. The molecule has 1 fully saturated rings. The third kappa shape index (κ3) is 1.87. The van der Waals surface area contributed by atoms with Gasteiger partial charge in [0.2, 0.25) is 0 Å². The molecule has 2 nitrogen and oxygen atoms in total. The van der Waals surface area contributed by atoms with Crippen LogP contribution in [0.3, 0.4) is 0 Å². The Morgan fingerprint density at radius 3 is 2.06 bits per heavy atom. The van der Waals surface area contributed by atoms with E-state index in [0.717, 1.165) is 6.04 Å². The van der Waals surface area contributed by atoms with Crippen LogP contribution in [0.5, 0.6) is 0 Å². The van der Waals surface area contributed by atoms with Crippen molar-refractivity contribution in [1.82, 2.24) is 0 Å². The number of fused-ring (bicyclic) bond motifs is 1. The Kier molecular flexibility index (Phi) is 2.70. The summed E-state index contributed by atoms with van der Waals surface area (Å²) >= 11 is 0. The Hall–Kier alpha value is -0.860. The standard InChI is InChI=1S/C14H20N2/c1-15-6-8-16(9-7-15)14-10-12-4-2-3-5-13(12)11-14/h2-5,14H,6-11H2,1H3/p+2. The maximum absolute atomic E-state index is 2.32. The maximum Gasteiger partial charge on any atom is 0.127 e. The molecule has 1 saturated heterocycles. The summed E-state index contributed by atoms with van der Waals surface area (Å²) < 4.78 is 0. The smallest absolute Gasteiger partial charge is 0.127 e. The van der Waals surface area contributed by atoms with Gasteiger partial charge in [-0.05, 0) is 11.1 Å². The lowest BCUT2D eigenvalue weighted by molar-refractivity contribution is -1.02. The normalized spacial score (nSPS) is 30.3. The van der Waals surface area contributed by atoms with Crippen molar-refractivity contribution >= 4 is 0 Å². The minimum atomic E-state index is 0.866. The average molecular weight is 218 g/mol. The summed E-state index contributed by atoms with van der Waals surface area (Å²) in [6, 6.07) is 9.87. The number of quaternary nitrogens is 2. The van der Waals surface area contributed by atoms with Crippen molar-refractivity contribution in [1.29, 1.82) is 0 Å². The van der Waals surface area contributed by atoms with Crippen molar-refractivity contribution in [2.75, 3.05) is 33.2 Å². The molecule has 0 atom stereocenters. The first kappa shape index (κ1) is 10.3. The van der Waals surface area contributed by atoms with Gasteiger partial charge in [0, 0.05) is 12.8 Å². The minimum Gasteiger partial charge on any atom is -0.328 e. The van der Waals surface area contributed by atoms with Gasteiger partial charge in [-0.3, -0.25) is 0 Å². The molecule has 0 unspecified atom stereocenters. The molecule has 1 aromatic rings. The Morgan fingerprint density at radius 1 is 0.938 bits per heavy atom. The zero-order chi connectivity index (χ0) is 11.0. The third-order valence-corrected chi connectivity index (χ3v) is 4.37. The van der Waals surface area contributed by atoms with Gasteiger partial charge in [0.1, 0.15) is 26.2 Å². The molecular weight excluding hydrogens is 196 g/mol. The van der Waals surface area contributed by atoms with Crippen molar-refractivity contribution in [3.63, 3.8) is 0 Å². The first-order chi connectivity index (χ1) is 7.83. The molecule has 2 heteroatoms. The highest BCUT2D eigenvalue weighted by molar-refractivity contribution is 5.32. The molecule has 0 radical (unpaired) electrons. The van der Waals surface area contributed by atoms with Crippen molar-refractivity contribution in [2.24, 2.45) is 0 Å². The fourth-order valence-electron chi connectivity index (χ4n) is 3.25. The quantitative estimate of drug-likeness (QED) is 0.572. The Balaban J connectivity index is 1.67. The number of rotatable bonds is 1. The third-order valence-electron chi connectivity index (χ3n) is 4.37. The fraction of sp³-hybridized carbons (Fsp3) is 0.571. The van der Waals surface area contributed by atoms with E-state index in [0.29, 0.717) is 0 Å². The highest BCUT2D eigenvalue weighted by atomic mass is 15.3. The molecular formula is C14H22N2+2. The monoisotopic (exact) mass is 218 g/mol. The molecule has 16 heavy (non-hydrogen) atoms. The first-order valence-electron chi connectivity index (χ1n) is 6.55. The van der Waals surface area contributed by atoms with Gasteiger partial charge >= 0.3 is 0 Å². The van der Waals surface area contributed by atoms with Gasteiger partial charge < -0.3 is 9.80 Å². The summed E-state index contributed by atoms with van der Waals surface area (Å²) in [5.74, 6) is 0. The second-order valence-electron chi connectivity index (χ2n) is 5.49. The second kappa shape index (κ2) is 4.19. The van der Waals surface area contributed by atoms with E-state index in [9.17, 15) is 0 Å². The van der Waals surface area contributed by atoms with E-state index >= 15 is 0 Å². The summed E-state index contributed by atoms with van der Waals surface area (Å²) in [5.41, 5.74) is 3.21. The van der Waals surface area contributed by atoms with Crippen LogP contribution in [0, 0.1) is 0 Å². The lowest BCUT2D eigenvalue weighted by Crippen LogP contribution is -3.28. The van der Waals surface area contributed by atoms with Crippen LogP contribution in [-0.4, -0.2) is 39.3 Å². The van der Waals surface area contributed by atoms with Crippen LogP contribution in [0.4, 0.5) is 0 Å². The zero-order valence-corrected chi connectivity index (χ0v) is 10.1. The van der Waals surface area contributed by atoms with Crippen molar-refractivity contribution < 1.29 is 9.80 Å². The van der Waals surface area contributed by atoms with E-state index in [1.54, 1.807) is 16.0 Å². The lowest BCUT2D eigenvalue weighted by Gasteiger charge is -2.31. The zero-order valence-electron chi connectivity index (χ0n) is 10.1. The predicted octanol–water partition coefficient (Wildman–Crippen LogP) is -1.43. The molecule has 86 valence electrons. The van der Waals surface area contributed by atoms with Crippen LogP contribution < -0.4 is 9.80 Å². The Labute approximate surface area is 97.9 Å². The first-order valence-corrected chi connectivity index (χ1v) is 6.55. The highest BCUT2D eigenvalue weighted by Crippen LogP contribution is 2.20. The van der Waals surface area contributed by atoms with Gasteiger partial charge in [-0.1, -0.05) is 24.3 Å². The molecule has 1 heterocycles. The van der Waals surface area contributed by atoms with Gasteiger partial charge in [0.05, 0.1) is 13.1 Å². The molecule has 0 bridgehead atoms. The van der Waals surface area contributed by atoms with E-state index in [1.807, 2.05) is 4.90 Å². The van der Waals surface area contributed by atoms with E-state index in [-0.39, 0.29) is 0 Å². The second-order valence-corrected chi connectivity index (χ2v) is 5.49. The van der Waals surface area contributed by atoms with Gasteiger partial charge in [-0.25, -0.2) is 0 Å². The van der Waals surface area contributed by atoms with E-state index in [2.05, 4.69) is 31.3 Å². The van der Waals surface area contributed by atoms with Crippen LogP contribution in [0.15, 0.2) is 24.3 Å². The molecule has 0 spiro atoms. The van der Waals surface area contributed by atoms with Crippen LogP contribution in [-0.2, 0) is 12.8 Å². The maximum atomic E-state index is 2.32. The van der Waals surface area contributed by atoms with Gasteiger partial charge in [0.15, 0.2) is 0 Å². The van der Waals surface area contributed by atoms with E-state index < -0.39 is 0 Å². The molecule has 1 aliphatic heterocycles. The summed E-state index contributed by atoms with van der Waals surface area (Å²) in [6.07, 6.45) is 2.62. The molecule has 1 aromatic carbocycles.